The summed E-state index contributed by atoms with van der Waals surface area (Å²) in [5.41, 5.74) is 3.40. The molecule has 1 aromatic carbocycles. The van der Waals surface area contributed by atoms with Crippen molar-refractivity contribution in [1.29, 1.82) is 0 Å². The highest BCUT2D eigenvalue weighted by Crippen LogP contribution is 2.45. The molecule has 0 aliphatic carbocycles. The van der Waals surface area contributed by atoms with Crippen molar-refractivity contribution in [2.75, 3.05) is 0 Å². The van der Waals surface area contributed by atoms with Crippen LogP contribution in [0, 0.1) is 10.8 Å². The van der Waals surface area contributed by atoms with Gasteiger partial charge in [-0.05, 0) is 86.2 Å². The lowest BCUT2D eigenvalue weighted by Gasteiger charge is -2.40. The average molecular weight is 456 g/mol. The quantitative estimate of drug-likeness (QED) is 0.308. The molecule has 0 saturated carbocycles. The molecule has 0 saturated heterocycles. The smallest absolute Gasteiger partial charge is 0.0395 e. The molecule has 0 fully saturated rings. The summed E-state index contributed by atoms with van der Waals surface area (Å²) in [6.45, 7) is 27.3. The first kappa shape index (κ1) is 27.8. The number of hydrogen-bond donors (Lipinski definition) is 0. The van der Waals surface area contributed by atoms with Gasteiger partial charge in [0.15, 0.2) is 0 Å². The van der Waals surface area contributed by atoms with Crippen LogP contribution in [0.25, 0.3) is 0 Å². The summed E-state index contributed by atoms with van der Waals surface area (Å²) in [6.07, 6.45) is 4.22. The van der Waals surface area contributed by atoms with Gasteiger partial charge in [0.05, 0.1) is 0 Å². The topological polar surface area (TPSA) is 0 Å². The summed E-state index contributed by atoms with van der Waals surface area (Å²) in [6, 6.07) is 9.38. The van der Waals surface area contributed by atoms with Crippen LogP contribution in [-0.2, 0) is 10.8 Å². The first-order chi connectivity index (χ1) is 13.0. The van der Waals surface area contributed by atoms with Gasteiger partial charge in [-0.25, -0.2) is 0 Å². The van der Waals surface area contributed by atoms with Crippen molar-refractivity contribution in [3.63, 3.8) is 0 Å². The number of hydrogen-bond acceptors (Lipinski definition) is 0. The maximum atomic E-state index is 6.55. The van der Waals surface area contributed by atoms with Crippen molar-refractivity contribution in [1.82, 2.24) is 0 Å². The SMILES string of the molecule is CC(C)(Cl)CC(C)(C)CC(C)(C)c1ccc(C(C)(C)CC(C)(C)CC(C)(C)Cl)cc1. The zero-order valence-corrected chi connectivity index (χ0v) is 23.4. The molecule has 2 heteroatoms. The van der Waals surface area contributed by atoms with Crippen molar-refractivity contribution in [3.8, 4) is 0 Å². The molecule has 1 aromatic rings. The van der Waals surface area contributed by atoms with Gasteiger partial charge in [-0.1, -0.05) is 79.7 Å². The third-order valence-corrected chi connectivity index (χ3v) is 6.35. The summed E-state index contributed by atoms with van der Waals surface area (Å²) in [5.74, 6) is 0. The van der Waals surface area contributed by atoms with Crippen LogP contribution in [0.5, 0.6) is 0 Å². The van der Waals surface area contributed by atoms with Crippen LogP contribution in [0.1, 0.15) is 120 Å². The van der Waals surface area contributed by atoms with E-state index in [4.69, 9.17) is 23.2 Å². The lowest BCUT2D eigenvalue weighted by atomic mass is 9.67. The minimum atomic E-state index is -0.169. The zero-order chi connectivity index (χ0) is 23.8. The second kappa shape index (κ2) is 8.97. The Balaban J connectivity index is 3.01. The molecule has 0 radical (unpaired) electrons. The van der Waals surface area contributed by atoms with Crippen LogP contribution in [-0.4, -0.2) is 9.75 Å². The molecule has 0 N–H and O–H groups in total. The largest absolute Gasteiger partial charge is 0.120 e. The van der Waals surface area contributed by atoms with E-state index in [1.54, 1.807) is 0 Å². The molecule has 0 heterocycles. The van der Waals surface area contributed by atoms with Crippen molar-refractivity contribution in [2.45, 2.75) is 129 Å². The van der Waals surface area contributed by atoms with Gasteiger partial charge in [0.2, 0.25) is 0 Å². The fraction of sp³-hybridized carbons (Fsp3) is 0.786. The van der Waals surface area contributed by atoms with Crippen LogP contribution < -0.4 is 0 Å². The maximum Gasteiger partial charge on any atom is 0.0395 e. The predicted molar refractivity (Wildman–Crippen MR) is 138 cm³/mol. The van der Waals surface area contributed by atoms with E-state index >= 15 is 0 Å². The Morgan fingerprint density at radius 1 is 0.467 bits per heavy atom. The molecule has 0 amide bonds. The van der Waals surface area contributed by atoms with Crippen molar-refractivity contribution < 1.29 is 0 Å². The van der Waals surface area contributed by atoms with Gasteiger partial charge < -0.3 is 0 Å². The van der Waals surface area contributed by atoms with Crippen molar-refractivity contribution >= 4 is 23.2 Å². The maximum absolute atomic E-state index is 6.55. The normalized spacial score (nSPS) is 14.9. The van der Waals surface area contributed by atoms with Crippen molar-refractivity contribution in [3.05, 3.63) is 35.4 Å². The van der Waals surface area contributed by atoms with E-state index in [-0.39, 0.29) is 31.4 Å². The molecule has 0 unspecified atom stereocenters. The molecule has 0 spiro atoms. The van der Waals surface area contributed by atoms with Crippen LogP contribution in [0.15, 0.2) is 24.3 Å². The minimum absolute atomic E-state index is 0.107. The Kier molecular flexibility index (Phi) is 8.33. The number of benzene rings is 1. The van der Waals surface area contributed by atoms with Crippen molar-refractivity contribution in [2.24, 2.45) is 10.8 Å². The van der Waals surface area contributed by atoms with Gasteiger partial charge in [0.25, 0.3) is 0 Å². The second-order valence-electron chi connectivity index (χ2n) is 13.8. The molecule has 0 aromatic heterocycles. The van der Waals surface area contributed by atoms with Gasteiger partial charge >= 0.3 is 0 Å². The molecule has 0 bridgehead atoms. The molecule has 0 aliphatic heterocycles. The third-order valence-electron chi connectivity index (χ3n) is 6.09. The summed E-state index contributed by atoms with van der Waals surface area (Å²) in [4.78, 5) is -0.338. The van der Waals surface area contributed by atoms with Gasteiger partial charge in [-0.2, -0.15) is 0 Å². The number of rotatable bonds is 10. The Morgan fingerprint density at radius 3 is 0.900 bits per heavy atom. The average Bonchev–Trinajstić information content (AvgIpc) is 2.39. The summed E-state index contributed by atoms with van der Waals surface area (Å²) < 4.78 is 0. The van der Waals surface area contributed by atoms with E-state index in [1.807, 2.05) is 0 Å². The summed E-state index contributed by atoms with van der Waals surface area (Å²) in [5, 5.41) is 0. The first-order valence-corrected chi connectivity index (χ1v) is 12.3. The highest BCUT2D eigenvalue weighted by molar-refractivity contribution is 6.23. The second-order valence-corrected chi connectivity index (χ2v) is 15.9. The molecular weight excluding hydrogens is 407 g/mol. The fourth-order valence-electron chi connectivity index (χ4n) is 6.37. The van der Waals surface area contributed by atoms with E-state index in [0.29, 0.717) is 0 Å². The minimum Gasteiger partial charge on any atom is -0.120 e. The first-order valence-electron chi connectivity index (χ1n) is 11.5. The van der Waals surface area contributed by atoms with E-state index < -0.39 is 0 Å². The molecule has 174 valence electrons. The monoisotopic (exact) mass is 454 g/mol. The summed E-state index contributed by atoms with van der Waals surface area (Å²) in [7, 11) is 0. The number of halogens is 2. The molecule has 0 aliphatic rings. The van der Waals surface area contributed by atoms with Crippen LogP contribution in [0.3, 0.4) is 0 Å². The van der Waals surface area contributed by atoms with Gasteiger partial charge in [0, 0.05) is 9.75 Å². The van der Waals surface area contributed by atoms with Gasteiger partial charge in [-0.15, -0.1) is 23.2 Å². The highest BCUT2D eigenvalue weighted by Gasteiger charge is 2.36. The Bertz CT molecular complexity index is 616. The van der Waals surface area contributed by atoms with Crippen LogP contribution in [0.2, 0.25) is 0 Å². The van der Waals surface area contributed by atoms with Crippen LogP contribution >= 0.6 is 23.2 Å². The predicted octanol–water partition coefficient (Wildman–Crippen LogP) is 9.89. The fourth-order valence-corrected chi connectivity index (χ4v) is 7.09. The Labute approximate surface area is 198 Å². The van der Waals surface area contributed by atoms with E-state index in [2.05, 4.69) is 107 Å². The molecular formula is C28H48Cl2. The highest BCUT2D eigenvalue weighted by atomic mass is 35.5. The molecule has 1 rings (SSSR count). The van der Waals surface area contributed by atoms with E-state index in [0.717, 1.165) is 25.7 Å². The molecule has 0 nitrogen and oxygen atoms in total. The standard InChI is InChI=1S/C28H48Cl2/c1-23(2,19-27(9,10)29)17-25(5,6)21-13-15-22(16-14-21)26(7,8)18-24(3,4)20-28(11,12)30/h13-16H,17-20H2,1-12H3. The lowest BCUT2D eigenvalue weighted by Crippen LogP contribution is -2.32. The van der Waals surface area contributed by atoms with Gasteiger partial charge in [0.1, 0.15) is 0 Å². The number of alkyl halides is 2. The third kappa shape index (κ3) is 9.52. The zero-order valence-electron chi connectivity index (χ0n) is 21.9. The Hall–Kier alpha value is -0.200. The summed E-state index contributed by atoms with van der Waals surface area (Å²) >= 11 is 13.1. The Morgan fingerprint density at radius 2 is 0.700 bits per heavy atom. The van der Waals surface area contributed by atoms with E-state index in [9.17, 15) is 0 Å². The van der Waals surface area contributed by atoms with E-state index in [1.165, 1.54) is 11.1 Å². The van der Waals surface area contributed by atoms with Gasteiger partial charge in [-0.3, -0.25) is 0 Å². The lowest BCUT2D eigenvalue weighted by molar-refractivity contribution is 0.217. The molecule has 0 atom stereocenters. The van der Waals surface area contributed by atoms with Crippen LogP contribution in [0.4, 0.5) is 0 Å². The molecule has 30 heavy (non-hydrogen) atoms.